The molecule has 0 atom stereocenters. The summed E-state index contributed by atoms with van der Waals surface area (Å²) in [6.45, 7) is 7.17. The molecule has 0 spiro atoms. The molecule has 1 fully saturated rings. The molecule has 7 nitrogen and oxygen atoms in total. The first-order valence-corrected chi connectivity index (χ1v) is 7.48. The smallest absolute Gasteiger partial charge is 0.407 e. The van der Waals surface area contributed by atoms with Gasteiger partial charge in [-0.2, -0.15) is 0 Å². The highest BCUT2D eigenvalue weighted by molar-refractivity contribution is 5.67. The molecule has 0 saturated carbocycles. The van der Waals surface area contributed by atoms with E-state index in [1.165, 1.54) is 4.90 Å². The Balaban J connectivity index is 0.000000463. The predicted octanol–water partition coefficient (Wildman–Crippen LogP) is 1.22. The average Bonchev–Trinajstić information content (AvgIpc) is 2.45. The number of rotatable bonds is 2. The maximum absolute atomic E-state index is 10.8. The molecule has 1 saturated heterocycles. The summed E-state index contributed by atoms with van der Waals surface area (Å²) in [5.41, 5.74) is 6.62. The van der Waals surface area contributed by atoms with Crippen molar-refractivity contribution in [1.82, 2.24) is 4.90 Å². The molecular weight excluding hydrogens is 298 g/mol. The van der Waals surface area contributed by atoms with Crippen LogP contribution < -0.4 is 20.5 Å². The van der Waals surface area contributed by atoms with Gasteiger partial charge in [-0.05, 0) is 18.2 Å². The summed E-state index contributed by atoms with van der Waals surface area (Å²) in [4.78, 5) is 14.3. The highest BCUT2D eigenvalue weighted by Gasteiger charge is 2.22. The second-order valence-electron chi connectivity index (χ2n) is 6.30. The van der Waals surface area contributed by atoms with Crippen molar-refractivity contribution in [3.8, 4) is 5.75 Å². The van der Waals surface area contributed by atoms with Crippen LogP contribution in [0.4, 0.5) is 16.2 Å². The average molecular weight is 324 g/mol. The molecule has 1 aromatic carbocycles. The molecule has 1 amide bonds. The minimum Gasteiger partial charge on any atom is -0.850 e. The lowest BCUT2D eigenvalue weighted by Crippen LogP contribution is -2.48. The summed E-state index contributed by atoms with van der Waals surface area (Å²) in [5, 5.41) is 19.0. The van der Waals surface area contributed by atoms with Crippen molar-refractivity contribution >= 4 is 17.5 Å². The largest absolute Gasteiger partial charge is 0.850 e. The summed E-state index contributed by atoms with van der Waals surface area (Å²) in [6, 6.07) is 5.47. The third-order valence-electron chi connectivity index (χ3n) is 3.09. The highest BCUT2D eigenvalue weighted by atomic mass is 16.5. The van der Waals surface area contributed by atoms with Crippen LogP contribution in [-0.2, 0) is 0 Å². The monoisotopic (exact) mass is 324 g/mol. The zero-order chi connectivity index (χ0) is 17.6. The van der Waals surface area contributed by atoms with E-state index in [2.05, 4.69) is 4.90 Å². The van der Waals surface area contributed by atoms with E-state index in [4.69, 9.17) is 15.6 Å². The van der Waals surface area contributed by atoms with E-state index in [0.717, 1.165) is 11.4 Å². The Morgan fingerprint density at radius 3 is 2.22 bits per heavy atom. The van der Waals surface area contributed by atoms with Crippen LogP contribution in [0.2, 0.25) is 0 Å². The van der Waals surface area contributed by atoms with Crippen molar-refractivity contribution in [2.24, 2.45) is 0 Å². The van der Waals surface area contributed by atoms with Gasteiger partial charge in [-0.3, -0.25) is 0 Å². The molecule has 130 valence electrons. The standard InChI is InChI=1S/C12H17N3O3.C4H9O/c1-18-11-3-2-9(13)8-10(11)14-4-6-15(7-5-14)12(16)17;1-4(2,3)5/h2-3,8H,4-7,13H2,1H3,(H,16,17);1-3H3/q;-1. The molecule has 0 aliphatic carbocycles. The van der Waals surface area contributed by atoms with Gasteiger partial charge in [-0.25, -0.2) is 4.79 Å². The van der Waals surface area contributed by atoms with Gasteiger partial charge in [0.2, 0.25) is 0 Å². The highest BCUT2D eigenvalue weighted by Crippen LogP contribution is 2.30. The molecule has 1 aliphatic heterocycles. The van der Waals surface area contributed by atoms with Crippen molar-refractivity contribution in [1.29, 1.82) is 0 Å². The molecule has 3 N–H and O–H groups in total. The normalized spacial score (nSPS) is 14.8. The maximum atomic E-state index is 10.8. The lowest BCUT2D eigenvalue weighted by molar-refractivity contribution is -0.458. The van der Waals surface area contributed by atoms with Crippen molar-refractivity contribution in [3.63, 3.8) is 0 Å². The number of carbonyl (C=O) groups is 1. The SMILES string of the molecule is CC(C)(C)[O-].COc1ccc(N)cc1N1CCN(C(=O)O)CC1. The van der Waals surface area contributed by atoms with Crippen molar-refractivity contribution in [3.05, 3.63) is 18.2 Å². The van der Waals surface area contributed by atoms with Gasteiger partial charge >= 0.3 is 6.09 Å². The van der Waals surface area contributed by atoms with Gasteiger partial charge in [0.25, 0.3) is 0 Å². The van der Waals surface area contributed by atoms with E-state index in [9.17, 15) is 9.90 Å². The van der Waals surface area contributed by atoms with Crippen LogP contribution in [0, 0.1) is 0 Å². The summed E-state index contributed by atoms with van der Waals surface area (Å²) >= 11 is 0. The Morgan fingerprint density at radius 1 is 1.26 bits per heavy atom. The quantitative estimate of drug-likeness (QED) is 0.793. The molecule has 1 aromatic rings. The molecule has 1 heterocycles. The van der Waals surface area contributed by atoms with Gasteiger partial charge < -0.3 is 30.5 Å². The Morgan fingerprint density at radius 2 is 1.78 bits per heavy atom. The second-order valence-corrected chi connectivity index (χ2v) is 6.30. The van der Waals surface area contributed by atoms with Crippen molar-refractivity contribution < 1.29 is 19.7 Å². The number of amides is 1. The van der Waals surface area contributed by atoms with Gasteiger partial charge in [0.1, 0.15) is 5.75 Å². The number of piperazine rings is 1. The second kappa shape index (κ2) is 7.92. The first kappa shape index (κ1) is 18.9. The predicted molar refractivity (Wildman–Crippen MR) is 89.0 cm³/mol. The number of benzene rings is 1. The molecule has 0 bridgehead atoms. The van der Waals surface area contributed by atoms with Crippen molar-refractivity contribution in [2.75, 3.05) is 43.9 Å². The zero-order valence-electron chi connectivity index (χ0n) is 14.2. The van der Waals surface area contributed by atoms with Gasteiger partial charge in [-0.1, -0.05) is 20.8 Å². The van der Waals surface area contributed by atoms with E-state index in [1.807, 2.05) is 12.1 Å². The Hall–Kier alpha value is -2.15. The van der Waals surface area contributed by atoms with Crippen LogP contribution in [0.25, 0.3) is 0 Å². The fourth-order valence-corrected chi connectivity index (χ4v) is 2.09. The Labute approximate surface area is 137 Å². The molecule has 23 heavy (non-hydrogen) atoms. The lowest BCUT2D eigenvalue weighted by Gasteiger charge is -2.35. The number of hydrogen-bond acceptors (Lipinski definition) is 5. The summed E-state index contributed by atoms with van der Waals surface area (Å²) in [6.07, 6.45) is -0.866. The number of nitrogens with two attached hydrogens (primary N) is 1. The van der Waals surface area contributed by atoms with E-state index >= 15 is 0 Å². The Bertz CT molecular complexity index is 515. The Kier molecular flexibility index (Phi) is 6.50. The van der Waals surface area contributed by atoms with E-state index in [1.54, 1.807) is 33.9 Å². The van der Waals surface area contributed by atoms with Crippen LogP contribution in [0.1, 0.15) is 20.8 Å². The summed E-state index contributed by atoms with van der Waals surface area (Å²) < 4.78 is 5.30. The minimum atomic E-state index is -0.866. The first-order chi connectivity index (χ1) is 10.6. The molecule has 7 heteroatoms. The van der Waals surface area contributed by atoms with Gasteiger partial charge in [-0.15, -0.1) is 5.60 Å². The molecular formula is C16H26N3O4-. The van der Waals surface area contributed by atoms with Gasteiger partial charge in [0, 0.05) is 31.9 Å². The van der Waals surface area contributed by atoms with Crippen LogP contribution >= 0.6 is 0 Å². The van der Waals surface area contributed by atoms with Crippen molar-refractivity contribution in [2.45, 2.75) is 26.4 Å². The molecule has 1 aliphatic rings. The van der Waals surface area contributed by atoms with E-state index < -0.39 is 11.7 Å². The topological polar surface area (TPSA) is 102 Å². The number of carboxylic acid groups (broad SMARTS) is 1. The van der Waals surface area contributed by atoms with Crippen LogP contribution in [-0.4, -0.2) is 55.0 Å². The fourth-order valence-electron chi connectivity index (χ4n) is 2.09. The molecule has 2 rings (SSSR count). The molecule has 0 radical (unpaired) electrons. The van der Waals surface area contributed by atoms with Crippen LogP contribution in [0.15, 0.2) is 18.2 Å². The summed E-state index contributed by atoms with van der Waals surface area (Å²) in [7, 11) is 1.61. The number of anilines is 2. The number of hydrogen-bond donors (Lipinski definition) is 2. The number of nitrogens with zero attached hydrogens (tertiary/aromatic N) is 2. The minimum absolute atomic E-state index is 0.493. The van der Waals surface area contributed by atoms with Gasteiger partial charge in [0.15, 0.2) is 0 Å². The molecule has 0 aromatic heterocycles. The first-order valence-electron chi connectivity index (χ1n) is 7.48. The van der Waals surface area contributed by atoms with E-state index in [-0.39, 0.29) is 0 Å². The number of methoxy groups -OCH3 is 1. The fraction of sp³-hybridized carbons (Fsp3) is 0.562. The van der Waals surface area contributed by atoms with Gasteiger partial charge in [0.05, 0.1) is 12.8 Å². The maximum Gasteiger partial charge on any atom is 0.407 e. The third-order valence-corrected chi connectivity index (χ3v) is 3.09. The third kappa shape index (κ3) is 6.65. The molecule has 0 unspecified atom stereocenters. The van der Waals surface area contributed by atoms with Crippen LogP contribution in [0.5, 0.6) is 5.75 Å². The summed E-state index contributed by atoms with van der Waals surface area (Å²) in [5.74, 6) is 0.757. The van der Waals surface area contributed by atoms with Crippen LogP contribution in [0.3, 0.4) is 0 Å². The number of nitrogen functional groups attached to an aromatic ring is 1. The zero-order valence-corrected chi connectivity index (χ0v) is 14.2. The lowest BCUT2D eigenvalue weighted by atomic mass is 10.2. The van der Waals surface area contributed by atoms with E-state index in [0.29, 0.717) is 31.9 Å². The number of ether oxygens (including phenoxy) is 1.